The molecule has 2 heterocycles. The molecular weight excluding hydrogens is 426 g/mol. The number of rotatable bonds is 6. The van der Waals surface area contributed by atoms with E-state index in [4.69, 9.17) is 14.2 Å². The Morgan fingerprint density at radius 1 is 1.00 bits per heavy atom. The molecule has 0 bridgehead atoms. The summed E-state index contributed by atoms with van der Waals surface area (Å²) in [5.74, 6) is 2.18. The first-order chi connectivity index (χ1) is 16.5. The van der Waals surface area contributed by atoms with E-state index in [0.29, 0.717) is 29.4 Å². The summed E-state index contributed by atoms with van der Waals surface area (Å²) < 4.78 is 19.6. The lowest BCUT2D eigenvalue weighted by atomic mass is 10.0. The fraction of sp³-hybridized carbons (Fsp3) is 0.207. The fourth-order valence-corrected chi connectivity index (χ4v) is 4.36. The molecule has 5 heteroatoms. The minimum Gasteiger partial charge on any atom is -0.497 e. The Balaban J connectivity index is 1.45. The zero-order valence-electron chi connectivity index (χ0n) is 19.8. The highest BCUT2D eigenvalue weighted by Crippen LogP contribution is 2.38. The van der Waals surface area contributed by atoms with Crippen LogP contribution >= 0.6 is 0 Å². The van der Waals surface area contributed by atoms with Crippen LogP contribution in [0, 0.1) is 13.8 Å². The van der Waals surface area contributed by atoms with Crippen molar-refractivity contribution in [2.75, 3.05) is 7.11 Å². The Kier molecular flexibility index (Phi) is 5.62. The molecule has 0 spiro atoms. The summed E-state index contributed by atoms with van der Waals surface area (Å²) in [5, 5.41) is 1.01. The molecule has 0 amide bonds. The number of benzene rings is 3. The number of aryl methyl sites for hydroxylation is 3. The summed E-state index contributed by atoms with van der Waals surface area (Å²) in [7, 11) is 1.65. The largest absolute Gasteiger partial charge is 0.497 e. The van der Waals surface area contributed by atoms with Crippen LogP contribution in [0.3, 0.4) is 0 Å². The van der Waals surface area contributed by atoms with E-state index in [0.717, 1.165) is 39.9 Å². The van der Waals surface area contributed by atoms with Crippen LogP contribution in [-0.4, -0.2) is 17.5 Å². The summed E-state index contributed by atoms with van der Waals surface area (Å²) in [6, 6.07) is 17.9. The maximum Gasteiger partial charge on any atom is 0.232 e. The van der Waals surface area contributed by atoms with Gasteiger partial charge < -0.3 is 18.8 Å². The van der Waals surface area contributed by atoms with Crippen molar-refractivity contribution in [3.63, 3.8) is 0 Å². The molecule has 4 aromatic rings. The van der Waals surface area contributed by atoms with Crippen molar-refractivity contribution in [2.24, 2.45) is 0 Å². The lowest BCUT2D eigenvalue weighted by Crippen LogP contribution is -2.00. The second kappa shape index (κ2) is 8.75. The SMILES string of the molecule is CCn1cc(/C=C2\Oc3cc(OCc4ccc(C)cc4)cc(C)c3C2=O)c2cc(OC)ccc21. The fourth-order valence-electron chi connectivity index (χ4n) is 4.36. The zero-order valence-corrected chi connectivity index (χ0v) is 19.8. The van der Waals surface area contributed by atoms with Gasteiger partial charge in [-0.05, 0) is 62.2 Å². The van der Waals surface area contributed by atoms with Crippen LogP contribution in [0.15, 0.2) is 66.6 Å². The highest BCUT2D eigenvalue weighted by Gasteiger charge is 2.30. The molecule has 5 nitrogen and oxygen atoms in total. The van der Waals surface area contributed by atoms with Gasteiger partial charge in [0.15, 0.2) is 5.76 Å². The first-order valence-electron chi connectivity index (χ1n) is 11.4. The van der Waals surface area contributed by atoms with Crippen molar-refractivity contribution < 1.29 is 19.0 Å². The molecule has 0 atom stereocenters. The number of carbonyl (C=O) groups excluding carboxylic acids is 1. The average molecular weight is 454 g/mol. The molecule has 0 fully saturated rings. The lowest BCUT2D eigenvalue weighted by molar-refractivity contribution is 0.101. The Morgan fingerprint density at radius 2 is 1.79 bits per heavy atom. The Hall–Kier alpha value is -3.99. The van der Waals surface area contributed by atoms with Gasteiger partial charge in [-0.3, -0.25) is 4.79 Å². The number of ether oxygens (including phenoxy) is 3. The molecule has 0 saturated carbocycles. The Morgan fingerprint density at radius 3 is 2.53 bits per heavy atom. The van der Waals surface area contributed by atoms with Gasteiger partial charge in [-0.15, -0.1) is 0 Å². The van der Waals surface area contributed by atoms with E-state index in [-0.39, 0.29) is 5.78 Å². The monoisotopic (exact) mass is 453 g/mol. The van der Waals surface area contributed by atoms with Crippen molar-refractivity contribution in [1.29, 1.82) is 0 Å². The van der Waals surface area contributed by atoms with Gasteiger partial charge in [0.1, 0.15) is 23.9 Å². The van der Waals surface area contributed by atoms with Crippen molar-refractivity contribution in [1.82, 2.24) is 4.57 Å². The van der Waals surface area contributed by atoms with Crippen LogP contribution < -0.4 is 14.2 Å². The smallest absolute Gasteiger partial charge is 0.232 e. The summed E-state index contributed by atoms with van der Waals surface area (Å²) in [6.07, 6.45) is 3.86. The van der Waals surface area contributed by atoms with Gasteiger partial charge in [0, 0.05) is 35.3 Å². The molecule has 0 N–H and O–H groups in total. The molecule has 3 aromatic carbocycles. The van der Waals surface area contributed by atoms with Crippen LogP contribution in [-0.2, 0) is 13.2 Å². The third kappa shape index (κ3) is 3.94. The van der Waals surface area contributed by atoms with E-state index >= 15 is 0 Å². The molecule has 0 aliphatic carbocycles. The molecule has 1 aliphatic heterocycles. The predicted octanol–water partition coefficient (Wildman–Crippen LogP) is 6.48. The number of fused-ring (bicyclic) bond motifs is 2. The number of hydrogen-bond donors (Lipinski definition) is 0. The molecule has 34 heavy (non-hydrogen) atoms. The highest BCUT2D eigenvalue weighted by atomic mass is 16.5. The average Bonchev–Trinajstić information content (AvgIpc) is 3.35. The molecule has 5 rings (SSSR count). The topological polar surface area (TPSA) is 49.7 Å². The van der Waals surface area contributed by atoms with Crippen LogP contribution in [0.5, 0.6) is 17.2 Å². The summed E-state index contributed by atoms with van der Waals surface area (Å²) in [5.41, 5.74) is 5.72. The highest BCUT2D eigenvalue weighted by molar-refractivity contribution is 6.16. The number of aromatic nitrogens is 1. The molecular formula is C29H27NO4. The second-order valence-electron chi connectivity index (χ2n) is 8.58. The third-order valence-electron chi connectivity index (χ3n) is 6.22. The maximum absolute atomic E-state index is 13.2. The number of allylic oxidation sites excluding steroid dienone is 1. The molecule has 172 valence electrons. The normalized spacial score (nSPS) is 13.9. The predicted molar refractivity (Wildman–Crippen MR) is 134 cm³/mol. The second-order valence-corrected chi connectivity index (χ2v) is 8.58. The van der Waals surface area contributed by atoms with E-state index in [2.05, 4.69) is 42.7 Å². The van der Waals surface area contributed by atoms with Gasteiger partial charge in [0.05, 0.1) is 12.7 Å². The van der Waals surface area contributed by atoms with E-state index < -0.39 is 0 Å². The van der Waals surface area contributed by atoms with Gasteiger partial charge in [0.25, 0.3) is 0 Å². The van der Waals surface area contributed by atoms with Crippen LogP contribution in [0.4, 0.5) is 0 Å². The van der Waals surface area contributed by atoms with Gasteiger partial charge in [-0.1, -0.05) is 29.8 Å². The number of nitrogens with zero attached hydrogens (tertiary/aromatic N) is 1. The quantitative estimate of drug-likeness (QED) is 0.314. The molecule has 0 unspecified atom stereocenters. The number of Topliss-reactive ketones (excluding diaryl/α,β-unsaturated/α-hetero) is 1. The van der Waals surface area contributed by atoms with E-state index in [9.17, 15) is 4.79 Å². The summed E-state index contributed by atoms with van der Waals surface area (Å²) in [6.45, 7) is 7.34. The zero-order chi connectivity index (χ0) is 23.8. The van der Waals surface area contributed by atoms with E-state index in [1.54, 1.807) is 13.2 Å². The van der Waals surface area contributed by atoms with E-state index in [1.807, 2.05) is 43.5 Å². The first-order valence-corrected chi connectivity index (χ1v) is 11.4. The van der Waals surface area contributed by atoms with Gasteiger partial charge in [0.2, 0.25) is 5.78 Å². The Bertz CT molecular complexity index is 1430. The van der Waals surface area contributed by atoms with E-state index in [1.165, 1.54) is 5.56 Å². The standard InChI is InChI=1S/C29H27NO4/c1-5-30-16-21(24-14-22(32-4)10-11-25(24)30)13-27-29(31)28-19(3)12-23(15-26(28)34-27)33-17-20-8-6-18(2)7-9-20/h6-16H,5,17H2,1-4H3/b27-13-. The number of methoxy groups -OCH3 is 1. The molecule has 0 radical (unpaired) electrons. The minimum absolute atomic E-state index is 0.113. The summed E-state index contributed by atoms with van der Waals surface area (Å²) in [4.78, 5) is 13.2. The van der Waals surface area contributed by atoms with Gasteiger partial charge in [-0.25, -0.2) is 0 Å². The summed E-state index contributed by atoms with van der Waals surface area (Å²) >= 11 is 0. The molecule has 1 aliphatic rings. The van der Waals surface area contributed by atoms with Crippen LogP contribution in [0.2, 0.25) is 0 Å². The van der Waals surface area contributed by atoms with Gasteiger partial charge in [-0.2, -0.15) is 0 Å². The lowest BCUT2D eigenvalue weighted by Gasteiger charge is -2.09. The number of carbonyl (C=O) groups is 1. The van der Waals surface area contributed by atoms with Crippen molar-refractivity contribution in [3.05, 3.63) is 94.4 Å². The van der Waals surface area contributed by atoms with Crippen molar-refractivity contribution in [3.8, 4) is 17.2 Å². The first kappa shape index (κ1) is 21.8. The Labute approximate surface area is 199 Å². The van der Waals surface area contributed by atoms with Gasteiger partial charge >= 0.3 is 0 Å². The maximum atomic E-state index is 13.2. The van der Waals surface area contributed by atoms with Crippen LogP contribution in [0.25, 0.3) is 17.0 Å². The third-order valence-corrected chi connectivity index (χ3v) is 6.22. The molecule has 0 saturated heterocycles. The molecule has 1 aromatic heterocycles. The van der Waals surface area contributed by atoms with Crippen LogP contribution in [0.1, 0.15) is 39.5 Å². The van der Waals surface area contributed by atoms with Crippen molar-refractivity contribution >= 4 is 22.8 Å². The minimum atomic E-state index is -0.113. The van der Waals surface area contributed by atoms with Crippen molar-refractivity contribution in [2.45, 2.75) is 33.9 Å². The number of hydrogen-bond acceptors (Lipinski definition) is 4. The number of ketones is 1.